The van der Waals surface area contributed by atoms with Gasteiger partial charge in [0.2, 0.25) is 0 Å². The smallest absolute Gasteiger partial charge is 0.0932 e. The Labute approximate surface area is 86.6 Å². The van der Waals surface area contributed by atoms with E-state index in [0.29, 0.717) is 0 Å². The number of hydrogen-bond acceptors (Lipinski definition) is 2. The Morgan fingerprint density at radius 1 is 0.800 bits per heavy atom. The van der Waals surface area contributed by atoms with Crippen LogP contribution in [-0.2, 0) is 6.42 Å². The van der Waals surface area contributed by atoms with Crippen molar-refractivity contribution in [3.8, 4) is 0 Å². The first-order valence-electron chi connectivity index (χ1n) is 5.09. The van der Waals surface area contributed by atoms with Crippen LogP contribution in [0.1, 0.15) is 11.1 Å². The molecule has 1 aliphatic carbocycles. The minimum absolute atomic E-state index is 0.977. The number of aromatic nitrogens is 2. The van der Waals surface area contributed by atoms with E-state index in [0.717, 1.165) is 28.5 Å². The van der Waals surface area contributed by atoms with E-state index in [2.05, 4.69) is 22.1 Å². The van der Waals surface area contributed by atoms with Crippen molar-refractivity contribution in [2.45, 2.75) is 6.42 Å². The highest BCUT2D eigenvalue weighted by Gasteiger charge is 2.21. The molecular formula is C13H8N2. The van der Waals surface area contributed by atoms with E-state index < -0.39 is 0 Å². The van der Waals surface area contributed by atoms with Crippen LogP contribution < -0.4 is 0 Å². The number of hydrogen-bond donors (Lipinski definition) is 0. The number of fused-ring (bicyclic) bond motifs is 4. The van der Waals surface area contributed by atoms with E-state index in [4.69, 9.17) is 0 Å². The summed E-state index contributed by atoms with van der Waals surface area (Å²) in [4.78, 5) is 9.28. The van der Waals surface area contributed by atoms with Crippen LogP contribution in [0.2, 0.25) is 0 Å². The predicted molar refractivity (Wildman–Crippen MR) is 59.9 cm³/mol. The molecule has 0 N–H and O–H groups in total. The maximum Gasteiger partial charge on any atom is 0.0932 e. The van der Waals surface area contributed by atoms with Crippen LogP contribution in [0.25, 0.3) is 22.1 Å². The summed E-state index contributed by atoms with van der Waals surface area (Å²) in [5, 5.41) is 0. The largest absolute Gasteiger partial charge is 0.244 e. The molecule has 0 saturated carbocycles. The van der Waals surface area contributed by atoms with Gasteiger partial charge in [0, 0.05) is 6.42 Å². The molecule has 2 heteroatoms. The first-order chi connectivity index (χ1) is 7.42. The highest BCUT2D eigenvalue weighted by atomic mass is 14.8. The normalized spacial score (nSPS) is 13.1. The molecule has 4 rings (SSSR count). The van der Waals surface area contributed by atoms with Crippen LogP contribution in [0.15, 0.2) is 36.4 Å². The van der Waals surface area contributed by atoms with Crippen molar-refractivity contribution < 1.29 is 0 Å². The van der Waals surface area contributed by atoms with Crippen molar-refractivity contribution in [1.82, 2.24) is 9.97 Å². The fourth-order valence-corrected chi connectivity index (χ4v) is 2.07. The van der Waals surface area contributed by atoms with Crippen molar-refractivity contribution in [2.75, 3.05) is 0 Å². The second kappa shape index (κ2) is 2.34. The van der Waals surface area contributed by atoms with Gasteiger partial charge in [-0.05, 0) is 29.3 Å². The Hall–Kier alpha value is -1.96. The molecule has 2 aromatic carbocycles. The van der Waals surface area contributed by atoms with Crippen molar-refractivity contribution in [1.29, 1.82) is 0 Å². The lowest BCUT2D eigenvalue weighted by molar-refractivity contribution is 1.39. The first-order valence-corrected chi connectivity index (χ1v) is 5.09. The van der Waals surface area contributed by atoms with E-state index in [1.807, 2.05) is 24.3 Å². The predicted octanol–water partition coefficient (Wildman–Crippen LogP) is 2.69. The second-order valence-corrected chi connectivity index (χ2v) is 3.96. The lowest BCUT2D eigenvalue weighted by Crippen LogP contribution is -1.86. The molecule has 15 heavy (non-hydrogen) atoms. The van der Waals surface area contributed by atoms with Gasteiger partial charge in [0.25, 0.3) is 0 Å². The van der Waals surface area contributed by atoms with E-state index >= 15 is 0 Å². The summed E-state index contributed by atoms with van der Waals surface area (Å²) >= 11 is 0. The molecule has 0 saturated heterocycles. The molecule has 0 fully saturated rings. The molecule has 70 valence electrons. The Balaban J connectivity index is 2.25. The third-order valence-corrected chi connectivity index (χ3v) is 2.96. The van der Waals surface area contributed by atoms with Crippen LogP contribution in [0.4, 0.5) is 0 Å². The summed E-state index contributed by atoms with van der Waals surface area (Å²) in [6.07, 6.45) is 1.09. The van der Waals surface area contributed by atoms with Gasteiger partial charge in [-0.25, -0.2) is 9.97 Å². The molecule has 0 amide bonds. The number of rotatable bonds is 0. The Bertz CT molecular complexity index is 701. The second-order valence-electron chi connectivity index (χ2n) is 3.96. The van der Waals surface area contributed by atoms with Gasteiger partial charge >= 0.3 is 0 Å². The van der Waals surface area contributed by atoms with Gasteiger partial charge < -0.3 is 0 Å². The summed E-state index contributed by atoms with van der Waals surface area (Å²) in [5.74, 6) is 0. The molecule has 0 bridgehead atoms. The first kappa shape index (κ1) is 7.35. The van der Waals surface area contributed by atoms with Crippen molar-refractivity contribution in [3.63, 3.8) is 0 Å². The minimum Gasteiger partial charge on any atom is -0.244 e. The standard InChI is InChI=1S/C13H8N2/c1-2-4-11-10(3-1)14-12-6-5-8-7-9(8)13(12)15-11/h1-6H,7H2. The maximum atomic E-state index is 4.67. The van der Waals surface area contributed by atoms with E-state index in [1.54, 1.807) is 0 Å². The van der Waals surface area contributed by atoms with Crippen molar-refractivity contribution in [2.24, 2.45) is 0 Å². The van der Waals surface area contributed by atoms with E-state index in [9.17, 15) is 0 Å². The van der Waals surface area contributed by atoms with Gasteiger partial charge in [0.15, 0.2) is 0 Å². The summed E-state index contributed by atoms with van der Waals surface area (Å²) in [7, 11) is 0. The average Bonchev–Trinajstić information content (AvgIpc) is 3.06. The summed E-state index contributed by atoms with van der Waals surface area (Å²) < 4.78 is 0. The Morgan fingerprint density at radius 3 is 2.47 bits per heavy atom. The summed E-state index contributed by atoms with van der Waals surface area (Å²) in [6, 6.07) is 12.3. The maximum absolute atomic E-state index is 4.67. The molecule has 1 aromatic heterocycles. The topological polar surface area (TPSA) is 25.8 Å². The van der Waals surface area contributed by atoms with Gasteiger partial charge in [-0.15, -0.1) is 0 Å². The average molecular weight is 192 g/mol. The third kappa shape index (κ3) is 0.934. The van der Waals surface area contributed by atoms with Crippen LogP contribution in [-0.4, -0.2) is 9.97 Å². The molecule has 3 aromatic rings. The minimum atomic E-state index is 0.977. The molecule has 1 aliphatic rings. The van der Waals surface area contributed by atoms with Gasteiger partial charge in [-0.1, -0.05) is 18.2 Å². The molecule has 0 aliphatic heterocycles. The van der Waals surface area contributed by atoms with Crippen molar-refractivity contribution in [3.05, 3.63) is 47.5 Å². The Morgan fingerprint density at radius 2 is 1.60 bits per heavy atom. The van der Waals surface area contributed by atoms with E-state index in [-0.39, 0.29) is 0 Å². The molecule has 2 nitrogen and oxygen atoms in total. The molecule has 0 radical (unpaired) electrons. The molecule has 0 unspecified atom stereocenters. The number of nitrogens with zero attached hydrogens (tertiary/aromatic N) is 2. The quantitative estimate of drug-likeness (QED) is 0.400. The fourth-order valence-electron chi connectivity index (χ4n) is 2.07. The lowest BCUT2D eigenvalue weighted by Gasteiger charge is -1.99. The Kier molecular flexibility index (Phi) is 1.15. The summed E-state index contributed by atoms with van der Waals surface area (Å²) in [6.45, 7) is 0. The highest BCUT2D eigenvalue weighted by Crippen LogP contribution is 2.34. The van der Waals surface area contributed by atoms with Crippen LogP contribution in [0.3, 0.4) is 0 Å². The monoisotopic (exact) mass is 192 g/mol. The zero-order chi connectivity index (χ0) is 9.83. The van der Waals surface area contributed by atoms with Crippen LogP contribution in [0.5, 0.6) is 0 Å². The lowest BCUT2D eigenvalue weighted by atomic mass is 10.2. The molecular weight excluding hydrogens is 184 g/mol. The zero-order valence-corrected chi connectivity index (χ0v) is 8.07. The van der Waals surface area contributed by atoms with Crippen LogP contribution >= 0.6 is 0 Å². The number of benzene rings is 2. The van der Waals surface area contributed by atoms with Gasteiger partial charge in [-0.3, -0.25) is 0 Å². The van der Waals surface area contributed by atoms with Gasteiger partial charge in [0.1, 0.15) is 0 Å². The third-order valence-electron chi connectivity index (χ3n) is 2.96. The highest BCUT2D eigenvalue weighted by molar-refractivity contribution is 5.91. The van der Waals surface area contributed by atoms with Gasteiger partial charge in [0.05, 0.1) is 22.1 Å². The zero-order valence-electron chi connectivity index (χ0n) is 8.07. The molecule has 1 heterocycles. The van der Waals surface area contributed by atoms with Crippen molar-refractivity contribution >= 4 is 22.1 Å². The SMILES string of the molecule is c1ccc2nc3c4c(ccc3nc2c1)C4. The number of para-hydroxylation sites is 2. The van der Waals surface area contributed by atoms with Crippen LogP contribution in [0, 0.1) is 0 Å². The molecule has 0 atom stereocenters. The van der Waals surface area contributed by atoms with E-state index in [1.165, 1.54) is 11.1 Å². The van der Waals surface area contributed by atoms with Gasteiger partial charge in [-0.2, -0.15) is 0 Å². The fraction of sp³-hybridized carbons (Fsp3) is 0.0769. The molecule has 0 spiro atoms. The summed E-state index contributed by atoms with van der Waals surface area (Å²) in [5.41, 5.74) is 6.88.